The van der Waals surface area contributed by atoms with E-state index in [1.165, 1.54) is 97.8 Å². The summed E-state index contributed by atoms with van der Waals surface area (Å²) in [6.45, 7) is 8.28. The van der Waals surface area contributed by atoms with Crippen molar-refractivity contribution in [3.05, 3.63) is 179 Å². The van der Waals surface area contributed by atoms with E-state index in [1.54, 1.807) is 0 Å². The van der Waals surface area contributed by atoms with Crippen molar-refractivity contribution in [2.75, 3.05) is 109 Å². The quantitative estimate of drug-likeness (QED) is 0.0820. The zero-order chi connectivity index (χ0) is 67.0. The Morgan fingerprint density at radius 3 is 1.12 bits per heavy atom. The highest BCUT2D eigenvalue weighted by atomic mass is 19.1. The highest BCUT2D eigenvalue weighted by Gasteiger charge is 2.69. The van der Waals surface area contributed by atoms with Crippen LogP contribution in [0.15, 0.2) is 134 Å². The topological polar surface area (TPSA) is 128 Å². The Hall–Kier alpha value is -7.31. The molecule has 0 atom stereocenters. The van der Waals surface area contributed by atoms with E-state index >= 15 is 4.39 Å². The van der Waals surface area contributed by atoms with Crippen molar-refractivity contribution in [1.29, 1.82) is 0 Å². The molecule has 0 bridgehead atoms. The number of nitrogens with zero attached hydrogens (tertiary/aromatic N) is 12. The van der Waals surface area contributed by atoms with Crippen LogP contribution in [0, 0.1) is 25.7 Å². The number of carbonyl (C=O) groups excluding carboxylic acids is 3. The summed E-state index contributed by atoms with van der Waals surface area (Å²) in [6, 6.07) is 41.0. The number of alkyl halides is 1. The number of hydrogen-bond acceptors (Lipinski definition) is 10. The molecule has 0 unspecified atom stereocenters. The van der Waals surface area contributed by atoms with E-state index in [0.29, 0.717) is 36.1 Å². The van der Waals surface area contributed by atoms with Gasteiger partial charge in [0.05, 0.1) is 108 Å². The molecular formula is C80H99FN12O4. The standard InChI is InChI=1S/C27H33FN4O2.C27H34N4O.C26H32N4O/c1-19-11-22(20-9-10-20)29-12-23(19)31-16-26(32(24(31)33)15-25(28)17-34-18-25)13-27(14-26,30(2)3)21-7-5-4-6-8-21;1-19-13-23(21-11-12-21)28-14-24(19)30-18-26(31(25(30)32)15-20-9-10-20)16-27(17-26,29(2)3)22-7-5-4-6-8-22;1-28(2)26(21-6-4-3-5-7-21)16-25(17-26)18-29(24(31)30(25)15-19-8-9-19)22-12-13-23(27-14-22)20-10-11-20/h4-8,11-12,20H,9-10,13-18H2,1-3H3;4-8,13-14,20-21H,9-12,15-18H2,1-3H3;3-7,12-14,19-20H,8-11,15-18H2,1-2H3. The lowest BCUT2D eigenvalue weighted by Gasteiger charge is -2.61. The van der Waals surface area contributed by atoms with Gasteiger partial charge >= 0.3 is 18.1 Å². The van der Waals surface area contributed by atoms with Crippen molar-refractivity contribution in [3.8, 4) is 0 Å². The third-order valence-corrected chi connectivity index (χ3v) is 25.0. The Morgan fingerprint density at radius 1 is 0.443 bits per heavy atom. The number of hydrogen-bond donors (Lipinski definition) is 0. The summed E-state index contributed by atoms with van der Waals surface area (Å²) in [6.07, 6.45) is 23.6. The Balaban J connectivity index is 0.000000114. The predicted octanol–water partition coefficient (Wildman–Crippen LogP) is 13.7. The molecule has 4 aliphatic heterocycles. The zero-order valence-electron chi connectivity index (χ0n) is 58.4. The van der Waals surface area contributed by atoms with Gasteiger partial charge in [-0.1, -0.05) is 91.0 Å². The third-order valence-electron chi connectivity index (χ3n) is 25.0. The average molecular weight is 1310 g/mol. The molecule has 17 heteroatoms. The maximum atomic E-state index is 15.3. The van der Waals surface area contributed by atoms with Gasteiger partial charge in [0.1, 0.15) is 0 Å². The molecule has 97 heavy (non-hydrogen) atoms. The number of ether oxygens (including phenoxy) is 1. The van der Waals surface area contributed by atoms with Gasteiger partial charge in [0.2, 0.25) is 0 Å². The molecule has 18 rings (SSSR count). The zero-order valence-corrected chi connectivity index (χ0v) is 58.4. The first-order chi connectivity index (χ1) is 46.7. The molecule has 6 amide bonds. The van der Waals surface area contributed by atoms with Gasteiger partial charge in [-0.3, -0.25) is 44.4 Å². The molecule has 12 fully saturated rings. The molecule has 8 aliphatic carbocycles. The van der Waals surface area contributed by atoms with E-state index < -0.39 is 11.2 Å². The fourth-order valence-corrected chi connectivity index (χ4v) is 18.2. The van der Waals surface area contributed by atoms with Crippen molar-refractivity contribution in [2.45, 2.75) is 173 Å². The summed E-state index contributed by atoms with van der Waals surface area (Å²) in [4.78, 5) is 74.5. The molecule has 8 saturated carbocycles. The van der Waals surface area contributed by atoms with Crippen LogP contribution in [0.5, 0.6) is 0 Å². The monoisotopic (exact) mass is 1310 g/mol. The third kappa shape index (κ3) is 11.4. The van der Waals surface area contributed by atoms with E-state index in [1.807, 2.05) is 44.3 Å². The maximum absolute atomic E-state index is 15.3. The predicted molar refractivity (Wildman–Crippen MR) is 378 cm³/mol. The Bertz CT molecular complexity index is 3920. The summed E-state index contributed by atoms with van der Waals surface area (Å²) < 4.78 is 20.5. The minimum Gasteiger partial charge on any atom is -0.374 e. The van der Waals surface area contributed by atoms with Gasteiger partial charge in [0, 0.05) is 47.9 Å². The first kappa shape index (κ1) is 64.4. The van der Waals surface area contributed by atoms with Gasteiger partial charge in [0.25, 0.3) is 0 Å². The molecule has 3 spiro atoms. The van der Waals surface area contributed by atoms with Crippen molar-refractivity contribution in [2.24, 2.45) is 11.8 Å². The lowest BCUT2D eigenvalue weighted by Crippen LogP contribution is -2.70. The van der Waals surface area contributed by atoms with Gasteiger partial charge < -0.3 is 19.4 Å². The molecular weight excluding hydrogens is 1210 g/mol. The van der Waals surface area contributed by atoms with Crippen molar-refractivity contribution < 1.29 is 23.5 Å². The minimum absolute atomic E-state index is 0.00652. The van der Waals surface area contributed by atoms with Gasteiger partial charge in [0.15, 0.2) is 5.67 Å². The van der Waals surface area contributed by atoms with E-state index in [4.69, 9.17) is 14.7 Å². The molecule has 510 valence electrons. The second-order valence-corrected chi connectivity index (χ2v) is 32.6. The summed E-state index contributed by atoms with van der Waals surface area (Å²) in [5, 5.41) is 0. The first-order valence-electron chi connectivity index (χ1n) is 36.3. The number of urea groups is 3. The number of aryl methyl sites for hydroxylation is 2. The van der Waals surface area contributed by atoms with Crippen LogP contribution in [-0.2, 0) is 21.4 Å². The van der Waals surface area contributed by atoms with Crippen LogP contribution in [0.4, 0.5) is 35.8 Å². The second-order valence-electron chi connectivity index (χ2n) is 32.6. The largest absolute Gasteiger partial charge is 0.374 e. The number of benzene rings is 3. The smallest absolute Gasteiger partial charge is 0.325 e. The van der Waals surface area contributed by atoms with E-state index in [2.05, 4.69) is 195 Å². The molecule has 0 radical (unpaired) electrons. The van der Waals surface area contributed by atoms with E-state index in [9.17, 15) is 14.4 Å². The van der Waals surface area contributed by atoms with Gasteiger partial charge in [-0.05, 0) is 223 Å². The fraction of sp³-hybridized carbons (Fsp3) is 0.550. The van der Waals surface area contributed by atoms with Crippen molar-refractivity contribution >= 4 is 35.2 Å². The highest BCUT2D eigenvalue weighted by molar-refractivity contribution is 5.98. The van der Waals surface area contributed by atoms with E-state index in [0.717, 1.165) is 93.0 Å². The first-order valence-corrected chi connectivity index (χ1v) is 36.3. The fourth-order valence-electron chi connectivity index (χ4n) is 18.2. The Morgan fingerprint density at radius 2 is 0.794 bits per heavy atom. The van der Waals surface area contributed by atoms with Crippen LogP contribution < -0.4 is 14.7 Å². The molecule has 3 aromatic heterocycles. The van der Waals surface area contributed by atoms with E-state index in [-0.39, 0.29) is 65.5 Å². The lowest BCUT2D eigenvalue weighted by atomic mass is 9.58. The lowest BCUT2D eigenvalue weighted by molar-refractivity contribution is -0.155. The number of anilines is 3. The van der Waals surface area contributed by atoms with Crippen LogP contribution in [0.25, 0.3) is 0 Å². The number of rotatable bonds is 18. The number of halogens is 1. The molecule has 0 N–H and O–H groups in total. The summed E-state index contributed by atoms with van der Waals surface area (Å²) >= 11 is 0. The number of aromatic nitrogens is 3. The van der Waals surface area contributed by atoms with Crippen LogP contribution in [0.2, 0.25) is 0 Å². The van der Waals surface area contributed by atoms with Crippen LogP contribution >= 0.6 is 0 Å². The van der Waals surface area contributed by atoms with Gasteiger partial charge in [-0.2, -0.15) is 0 Å². The van der Waals surface area contributed by atoms with Crippen LogP contribution in [0.3, 0.4) is 0 Å². The summed E-state index contributed by atoms with van der Waals surface area (Å²) in [5.74, 6) is 3.20. The molecule has 6 aromatic rings. The van der Waals surface area contributed by atoms with Crippen molar-refractivity contribution in [1.82, 2.24) is 44.4 Å². The highest BCUT2D eigenvalue weighted by Crippen LogP contribution is 2.61. The molecule has 16 nitrogen and oxygen atoms in total. The second kappa shape index (κ2) is 24.0. The minimum atomic E-state index is -1.47. The average Bonchev–Trinajstić information content (AvgIpc) is 1.63. The summed E-state index contributed by atoms with van der Waals surface area (Å²) in [5.41, 5.74) is 10.2. The molecule has 12 aliphatic rings. The normalized spacial score (nSPS) is 30.1. The number of pyridine rings is 3. The Labute approximate surface area is 573 Å². The number of amides is 6. The van der Waals surface area contributed by atoms with Crippen LogP contribution in [0.1, 0.15) is 165 Å². The molecule has 7 heterocycles. The maximum Gasteiger partial charge on any atom is 0.325 e. The number of carbonyl (C=O) groups is 3. The summed E-state index contributed by atoms with van der Waals surface area (Å²) in [7, 11) is 12.9. The molecule has 3 aromatic carbocycles. The van der Waals surface area contributed by atoms with Gasteiger partial charge in [-0.25, -0.2) is 18.8 Å². The van der Waals surface area contributed by atoms with Gasteiger partial charge in [-0.15, -0.1) is 0 Å². The Kier molecular flexibility index (Phi) is 15.9. The SMILES string of the molecule is CN(C)C1(c2ccccc2)CC2(CN(c3ccc(C4CC4)nc3)C(=O)N2CC2CC2)C1.Cc1cc(C2CC2)ncc1N1CC2(CC(c3ccccc3)(N(C)C)C2)N(CC2(F)COC2)C1=O.Cc1cc(C2CC2)ncc1N1CC2(CC(c3ccccc3)(N(C)C)C2)N(CC2CC2)C1=O. The van der Waals surface area contributed by atoms with Crippen molar-refractivity contribution in [3.63, 3.8) is 0 Å². The van der Waals surface area contributed by atoms with Crippen LogP contribution in [-0.4, -0.2) is 179 Å². The molecule has 4 saturated heterocycles.